The zero-order valence-corrected chi connectivity index (χ0v) is 6.68. The maximum absolute atomic E-state index is 10.4. The molecule has 0 fully saturated rings. The maximum Gasteiger partial charge on any atom is 0.312 e. The van der Waals surface area contributed by atoms with Crippen LogP contribution in [0.2, 0.25) is 0 Å². The minimum absolute atomic E-state index is 0. The molecule has 0 heterocycles. The third-order valence-corrected chi connectivity index (χ3v) is 1.48. The molecular formula is C7H20N2O. The first-order valence-corrected chi connectivity index (χ1v) is 3.76. The van der Waals surface area contributed by atoms with Crippen LogP contribution >= 0.6 is 0 Å². The molecule has 2 amide bonds. The lowest BCUT2D eigenvalue weighted by atomic mass is 10.1. The Labute approximate surface area is 64.9 Å². The molecule has 10 heavy (non-hydrogen) atoms. The van der Waals surface area contributed by atoms with Gasteiger partial charge < -0.3 is 11.1 Å². The Bertz CT molecular complexity index is 112. The van der Waals surface area contributed by atoms with Crippen LogP contribution < -0.4 is 11.1 Å². The number of amides is 2. The van der Waals surface area contributed by atoms with Crippen LogP contribution in [0.1, 0.15) is 36.0 Å². The average Bonchev–Trinajstić information content (AvgIpc) is 1.86. The van der Waals surface area contributed by atoms with Crippen LogP contribution in [-0.4, -0.2) is 12.1 Å². The van der Waals surface area contributed by atoms with Gasteiger partial charge >= 0.3 is 6.03 Å². The van der Waals surface area contributed by atoms with Crippen molar-refractivity contribution in [3.8, 4) is 0 Å². The van der Waals surface area contributed by atoms with Crippen LogP contribution in [0, 0.1) is 0 Å². The molecule has 0 spiro atoms. The fraction of sp³-hybridized carbons (Fsp3) is 0.857. The Morgan fingerprint density at radius 1 is 1.70 bits per heavy atom. The lowest BCUT2D eigenvalue weighted by Gasteiger charge is -2.13. The predicted octanol–water partition coefficient (Wildman–Crippen LogP) is 1.73. The van der Waals surface area contributed by atoms with Crippen LogP contribution in [0.15, 0.2) is 0 Å². The van der Waals surface area contributed by atoms with Crippen molar-refractivity contribution in [2.45, 2.75) is 39.2 Å². The molecule has 0 aliphatic carbocycles. The lowest BCUT2D eigenvalue weighted by Crippen LogP contribution is -2.38. The topological polar surface area (TPSA) is 55.1 Å². The van der Waals surface area contributed by atoms with Gasteiger partial charge in [0.1, 0.15) is 0 Å². The van der Waals surface area contributed by atoms with Gasteiger partial charge in [-0.25, -0.2) is 4.79 Å². The van der Waals surface area contributed by atoms with E-state index in [4.69, 9.17) is 5.73 Å². The predicted molar refractivity (Wildman–Crippen MR) is 45.9 cm³/mol. The van der Waals surface area contributed by atoms with Crippen LogP contribution in [0.3, 0.4) is 0 Å². The summed E-state index contributed by atoms with van der Waals surface area (Å²) in [5.41, 5.74) is 4.95. The standard InChI is InChI=1S/C7H16N2O.2H2/c1-3-5-6(4-2)9-7(8)10;;/h6H,3-5H2,1-2H3,(H3,8,9,10);2*1H. The Morgan fingerprint density at radius 3 is 2.60 bits per heavy atom. The molecule has 3 nitrogen and oxygen atoms in total. The first-order valence-electron chi connectivity index (χ1n) is 3.76. The normalized spacial score (nSPS) is 12.6. The van der Waals surface area contributed by atoms with Crippen LogP contribution in [-0.2, 0) is 0 Å². The fourth-order valence-corrected chi connectivity index (χ4v) is 0.928. The quantitative estimate of drug-likeness (QED) is 0.626. The van der Waals surface area contributed by atoms with Gasteiger partial charge in [0.05, 0.1) is 0 Å². The molecule has 0 aliphatic heterocycles. The number of carbonyl (C=O) groups excluding carboxylic acids is 1. The van der Waals surface area contributed by atoms with E-state index >= 15 is 0 Å². The van der Waals surface area contributed by atoms with Gasteiger partial charge in [-0.15, -0.1) is 0 Å². The van der Waals surface area contributed by atoms with Gasteiger partial charge in [-0.2, -0.15) is 0 Å². The molecule has 0 aromatic heterocycles. The van der Waals surface area contributed by atoms with Gasteiger partial charge in [-0.3, -0.25) is 0 Å². The highest BCUT2D eigenvalue weighted by Crippen LogP contribution is 1.99. The van der Waals surface area contributed by atoms with E-state index in [0.29, 0.717) is 0 Å². The van der Waals surface area contributed by atoms with Crippen molar-refractivity contribution in [1.29, 1.82) is 0 Å². The number of nitrogens with one attached hydrogen (secondary N) is 1. The van der Waals surface area contributed by atoms with Crippen molar-refractivity contribution in [1.82, 2.24) is 5.32 Å². The van der Waals surface area contributed by atoms with E-state index < -0.39 is 6.03 Å². The minimum atomic E-state index is -0.416. The van der Waals surface area contributed by atoms with Crippen LogP contribution in [0.25, 0.3) is 0 Å². The number of hydrogen-bond donors (Lipinski definition) is 2. The van der Waals surface area contributed by atoms with Crippen molar-refractivity contribution in [3.05, 3.63) is 0 Å². The number of urea groups is 1. The molecule has 3 N–H and O–H groups in total. The van der Waals surface area contributed by atoms with Crippen LogP contribution in [0.4, 0.5) is 4.79 Å². The van der Waals surface area contributed by atoms with E-state index in [1.54, 1.807) is 0 Å². The Hall–Kier alpha value is -0.730. The molecule has 0 aliphatic rings. The Morgan fingerprint density at radius 2 is 2.30 bits per heavy atom. The highest BCUT2D eigenvalue weighted by Gasteiger charge is 2.04. The molecule has 0 bridgehead atoms. The first kappa shape index (κ1) is 9.27. The van der Waals surface area contributed by atoms with Crippen molar-refractivity contribution in [3.63, 3.8) is 0 Å². The summed E-state index contributed by atoms with van der Waals surface area (Å²) in [7, 11) is 0. The molecule has 0 saturated carbocycles. The van der Waals surface area contributed by atoms with Gasteiger partial charge in [0.15, 0.2) is 0 Å². The molecule has 0 aromatic rings. The zero-order chi connectivity index (χ0) is 7.98. The summed E-state index contributed by atoms with van der Waals surface area (Å²) in [6, 6.07) is -0.150. The van der Waals surface area contributed by atoms with E-state index in [1.165, 1.54) is 0 Å². The SMILES string of the molecule is CCCC(CC)NC(N)=O.[HH].[HH]. The van der Waals surface area contributed by atoms with E-state index in [1.807, 2.05) is 6.92 Å². The largest absolute Gasteiger partial charge is 0.352 e. The molecular weight excluding hydrogens is 128 g/mol. The molecule has 0 radical (unpaired) electrons. The number of carbonyl (C=O) groups is 1. The van der Waals surface area contributed by atoms with Gasteiger partial charge in [-0.05, 0) is 12.8 Å². The smallest absolute Gasteiger partial charge is 0.312 e. The van der Waals surface area contributed by atoms with Crippen molar-refractivity contribution >= 4 is 6.03 Å². The van der Waals surface area contributed by atoms with Gasteiger partial charge in [0.25, 0.3) is 0 Å². The second-order valence-corrected chi connectivity index (χ2v) is 2.40. The molecule has 3 heteroatoms. The summed E-state index contributed by atoms with van der Waals surface area (Å²) in [5, 5.41) is 2.67. The lowest BCUT2D eigenvalue weighted by molar-refractivity contribution is 0.244. The Balaban J connectivity index is -0.000000405. The number of hydrogen-bond acceptors (Lipinski definition) is 1. The zero-order valence-electron chi connectivity index (χ0n) is 6.68. The van der Waals surface area contributed by atoms with Gasteiger partial charge in [0, 0.05) is 8.90 Å². The summed E-state index contributed by atoms with van der Waals surface area (Å²) < 4.78 is 0. The summed E-state index contributed by atoms with van der Waals surface area (Å²) in [5.74, 6) is 0. The third kappa shape index (κ3) is 4.18. The third-order valence-electron chi connectivity index (χ3n) is 1.48. The van der Waals surface area contributed by atoms with Crippen molar-refractivity contribution in [2.75, 3.05) is 0 Å². The number of rotatable bonds is 4. The summed E-state index contributed by atoms with van der Waals surface area (Å²) in [6.07, 6.45) is 3.05. The van der Waals surface area contributed by atoms with Crippen LogP contribution in [0.5, 0.6) is 0 Å². The molecule has 0 aromatic carbocycles. The highest BCUT2D eigenvalue weighted by molar-refractivity contribution is 5.71. The van der Waals surface area contributed by atoms with E-state index in [9.17, 15) is 4.79 Å². The molecule has 0 rings (SSSR count). The van der Waals surface area contributed by atoms with E-state index in [2.05, 4.69) is 12.2 Å². The second-order valence-electron chi connectivity index (χ2n) is 2.40. The monoisotopic (exact) mass is 148 g/mol. The molecule has 1 atom stereocenters. The molecule has 64 valence electrons. The highest BCUT2D eigenvalue weighted by atomic mass is 16.2. The summed E-state index contributed by atoms with van der Waals surface area (Å²) in [4.78, 5) is 10.4. The summed E-state index contributed by atoms with van der Waals surface area (Å²) >= 11 is 0. The summed E-state index contributed by atoms with van der Waals surface area (Å²) in [6.45, 7) is 4.13. The van der Waals surface area contributed by atoms with Gasteiger partial charge in [-0.1, -0.05) is 20.3 Å². The average molecular weight is 148 g/mol. The maximum atomic E-state index is 10.4. The molecule has 0 saturated heterocycles. The van der Waals surface area contributed by atoms with Gasteiger partial charge in [0.2, 0.25) is 0 Å². The van der Waals surface area contributed by atoms with E-state index in [-0.39, 0.29) is 8.90 Å². The van der Waals surface area contributed by atoms with Crippen molar-refractivity contribution in [2.24, 2.45) is 5.73 Å². The number of nitrogens with two attached hydrogens (primary N) is 1. The first-order chi connectivity index (χ1) is 4.70. The second kappa shape index (κ2) is 5.09. The molecule has 1 unspecified atom stereocenters. The minimum Gasteiger partial charge on any atom is -0.352 e. The fourth-order valence-electron chi connectivity index (χ4n) is 0.928. The van der Waals surface area contributed by atoms with E-state index in [0.717, 1.165) is 19.3 Å². The van der Waals surface area contributed by atoms with Crippen molar-refractivity contribution < 1.29 is 7.65 Å². The number of primary amides is 1. The Kier molecular flexibility index (Phi) is 4.72.